The molecule has 0 aliphatic carbocycles. The molecule has 2 fully saturated rings. The second-order valence-corrected chi connectivity index (χ2v) is 5.91. The van der Waals surface area contributed by atoms with Crippen LogP contribution in [0.3, 0.4) is 0 Å². The van der Waals surface area contributed by atoms with Gasteiger partial charge >= 0.3 is 6.03 Å². The molecule has 0 aromatic rings. The van der Waals surface area contributed by atoms with E-state index in [9.17, 15) is 14.4 Å². The van der Waals surface area contributed by atoms with Gasteiger partial charge in [-0.1, -0.05) is 6.92 Å². The van der Waals surface area contributed by atoms with Gasteiger partial charge in [0.05, 0.1) is 0 Å². The Labute approximate surface area is 119 Å². The van der Waals surface area contributed by atoms with Crippen molar-refractivity contribution in [1.29, 1.82) is 0 Å². The van der Waals surface area contributed by atoms with Crippen LogP contribution in [0, 0.1) is 0 Å². The summed E-state index contributed by atoms with van der Waals surface area (Å²) in [6, 6.07) is -0.444. The van der Waals surface area contributed by atoms with Gasteiger partial charge in [-0.05, 0) is 33.1 Å². The van der Waals surface area contributed by atoms with E-state index in [4.69, 9.17) is 0 Å². The molecule has 0 aromatic carbocycles. The van der Waals surface area contributed by atoms with Gasteiger partial charge in [0.1, 0.15) is 5.54 Å². The number of hydrogen-bond acceptors (Lipinski definition) is 3. The Kier molecular flexibility index (Phi) is 4.01. The van der Waals surface area contributed by atoms with Crippen molar-refractivity contribution in [1.82, 2.24) is 15.1 Å². The van der Waals surface area contributed by atoms with Crippen LogP contribution in [0.4, 0.5) is 4.79 Å². The van der Waals surface area contributed by atoms with Gasteiger partial charge in [0.15, 0.2) is 0 Å². The van der Waals surface area contributed by atoms with Crippen LogP contribution in [-0.4, -0.2) is 52.3 Å². The number of likely N-dealkylation sites (tertiary alicyclic amines) is 1. The molecule has 0 atom stereocenters. The molecule has 6 heteroatoms. The van der Waals surface area contributed by atoms with Gasteiger partial charge in [0, 0.05) is 25.6 Å². The number of hydrogen-bond donors (Lipinski definition) is 1. The van der Waals surface area contributed by atoms with E-state index in [2.05, 4.69) is 5.32 Å². The van der Waals surface area contributed by atoms with Gasteiger partial charge in [-0.2, -0.15) is 0 Å². The monoisotopic (exact) mass is 281 g/mol. The lowest BCUT2D eigenvalue weighted by molar-refractivity contribution is -0.139. The minimum atomic E-state index is -0.787. The average Bonchev–Trinajstić information content (AvgIpc) is 2.62. The fourth-order valence-corrected chi connectivity index (χ4v) is 2.96. The van der Waals surface area contributed by atoms with Gasteiger partial charge in [-0.3, -0.25) is 14.5 Å². The molecule has 0 radical (unpaired) electrons. The van der Waals surface area contributed by atoms with Crippen LogP contribution in [-0.2, 0) is 9.59 Å². The van der Waals surface area contributed by atoms with Crippen molar-refractivity contribution in [3.63, 3.8) is 0 Å². The molecule has 0 saturated carbocycles. The third-order valence-electron chi connectivity index (χ3n) is 4.14. The number of carbonyl (C=O) groups is 3. The summed E-state index contributed by atoms with van der Waals surface area (Å²) in [5.74, 6) is -0.0000661. The third-order valence-corrected chi connectivity index (χ3v) is 4.14. The molecular formula is C14H23N3O3. The van der Waals surface area contributed by atoms with Crippen LogP contribution >= 0.6 is 0 Å². The fourth-order valence-electron chi connectivity index (χ4n) is 2.96. The van der Waals surface area contributed by atoms with Crippen LogP contribution in [0.25, 0.3) is 0 Å². The molecule has 6 nitrogen and oxygen atoms in total. The molecule has 2 aliphatic rings. The van der Waals surface area contributed by atoms with Crippen molar-refractivity contribution in [2.24, 2.45) is 0 Å². The van der Waals surface area contributed by atoms with E-state index >= 15 is 0 Å². The average molecular weight is 281 g/mol. The molecule has 20 heavy (non-hydrogen) atoms. The van der Waals surface area contributed by atoms with Gasteiger partial charge in [-0.15, -0.1) is 0 Å². The summed E-state index contributed by atoms with van der Waals surface area (Å²) in [6.07, 6.45) is 2.40. The van der Waals surface area contributed by atoms with E-state index in [0.717, 1.165) is 6.42 Å². The van der Waals surface area contributed by atoms with Gasteiger partial charge < -0.3 is 10.2 Å². The molecule has 2 aliphatic heterocycles. The minimum Gasteiger partial charge on any atom is -0.342 e. The molecule has 4 amide bonds. The van der Waals surface area contributed by atoms with E-state index < -0.39 is 5.54 Å². The fraction of sp³-hybridized carbons (Fsp3) is 0.786. The molecule has 2 rings (SSSR count). The molecule has 2 saturated heterocycles. The van der Waals surface area contributed by atoms with E-state index in [1.54, 1.807) is 4.90 Å². The Morgan fingerprint density at radius 2 is 1.90 bits per heavy atom. The van der Waals surface area contributed by atoms with Gasteiger partial charge in [-0.25, -0.2) is 4.79 Å². The topological polar surface area (TPSA) is 69.7 Å². The highest BCUT2D eigenvalue weighted by Crippen LogP contribution is 2.30. The van der Waals surface area contributed by atoms with Crippen LogP contribution in [0.5, 0.6) is 0 Å². The summed E-state index contributed by atoms with van der Waals surface area (Å²) < 4.78 is 0. The Morgan fingerprint density at radius 1 is 1.30 bits per heavy atom. The first-order valence-electron chi connectivity index (χ1n) is 7.35. The normalized spacial score (nSPS) is 21.8. The zero-order chi connectivity index (χ0) is 14.9. The first-order chi connectivity index (χ1) is 9.41. The summed E-state index contributed by atoms with van der Waals surface area (Å²) in [7, 11) is 0. The van der Waals surface area contributed by atoms with Crippen LogP contribution in [0.2, 0.25) is 0 Å². The molecule has 1 N–H and O–H groups in total. The maximum Gasteiger partial charge on any atom is 0.325 e. The predicted molar refractivity (Wildman–Crippen MR) is 74.0 cm³/mol. The van der Waals surface area contributed by atoms with Crippen LogP contribution in [0.1, 0.15) is 46.5 Å². The summed E-state index contributed by atoms with van der Waals surface area (Å²) in [5, 5.41) is 2.84. The Hall–Kier alpha value is -1.59. The van der Waals surface area contributed by atoms with Crippen molar-refractivity contribution < 1.29 is 14.4 Å². The maximum atomic E-state index is 12.5. The number of rotatable bonds is 3. The van der Waals surface area contributed by atoms with Gasteiger partial charge in [0.2, 0.25) is 5.91 Å². The molecule has 0 aromatic heterocycles. The number of urea groups is 1. The second-order valence-electron chi connectivity index (χ2n) is 5.91. The molecule has 0 unspecified atom stereocenters. The highest BCUT2D eigenvalue weighted by molar-refractivity contribution is 6.07. The first kappa shape index (κ1) is 14.8. The standard InChI is InChI=1S/C14H23N3O3/c1-4-5-11(18)16-8-6-14(7-9-16)12(19)17(10(2)3)13(20)15-14/h10H,4-9H2,1-3H3,(H,15,20). The highest BCUT2D eigenvalue weighted by Gasteiger charge is 2.53. The lowest BCUT2D eigenvalue weighted by Crippen LogP contribution is -2.56. The van der Waals surface area contributed by atoms with Gasteiger partial charge in [0.25, 0.3) is 5.91 Å². The van der Waals surface area contributed by atoms with E-state index in [1.807, 2.05) is 20.8 Å². The largest absolute Gasteiger partial charge is 0.342 e. The highest BCUT2D eigenvalue weighted by atomic mass is 16.2. The van der Waals surface area contributed by atoms with E-state index in [-0.39, 0.29) is 23.9 Å². The second kappa shape index (κ2) is 5.42. The lowest BCUT2D eigenvalue weighted by atomic mass is 9.87. The smallest absolute Gasteiger partial charge is 0.325 e. The molecular weight excluding hydrogens is 258 g/mol. The summed E-state index contributed by atoms with van der Waals surface area (Å²) >= 11 is 0. The number of piperidine rings is 1. The molecule has 112 valence electrons. The van der Waals surface area contributed by atoms with Crippen molar-refractivity contribution >= 4 is 17.8 Å². The van der Waals surface area contributed by atoms with Crippen molar-refractivity contribution in [3.05, 3.63) is 0 Å². The number of nitrogens with zero attached hydrogens (tertiary/aromatic N) is 2. The predicted octanol–water partition coefficient (Wildman–Crippen LogP) is 1.11. The summed E-state index contributed by atoms with van der Waals surface area (Å²) in [6.45, 7) is 6.71. The summed E-state index contributed by atoms with van der Waals surface area (Å²) in [4.78, 5) is 39.4. The van der Waals surface area contributed by atoms with Crippen LogP contribution in [0.15, 0.2) is 0 Å². The number of carbonyl (C=O) groups excluding carboxylic acids is 3. The minimum absolute atomic E-state index is 0.137. The Morgan fingerprint density at radius 3 is 2.35 bits per heavy atom. The Balaban J connectivity index is 2.04. The molecule has 0 bridgehead atoms. The zero-order valence-electron chi connectivity index (χ0n) is 12.4. The summed E-state index contributed by atoms with van der Waals surface area (Å²) in [5.41, 5.74) is -0.787. The SMILES string of the molecule is CCCC(=O)N1CCC2(CC1)NC(=O)N(C(C)C)C2=O. The maximum absolute atomic E-state index is 12.5. The first-order valence-corrected chi connectivity index (χ1v) is 7.35. The van der Waals surface area contributed by atoms with E-state index in [1.165, 1.54) is 4.90 Å². The van der Waals surface area contributed by atoms with Crippen LogP contribution < -0.4 is 5.32 Å². The quantitative estimate of drug-likeness (QED) is 0.788. The Bertz CT molecular complexity index is 425. The third kappa shape index (κ3) is 2.39. The number of nitrogens with one attached hydrogen (secondary N) is 1. The molecule has 2 heterocycles. The number of amides is 4. The van der Waals surface area contributed by atoms with Crippen molar-refractivity contribution in [2.75, 3.05) is 13.1 Å². The zero-order valence-corrected chi connectivity index (χ0v) is 12.4. The lowest BCUT2D eigenvalue weighted by Gasteiger charge is -2.37. The van der Waals surface area contributed by atoms with Crippen molar-refractivity contribution in [2.45, 2.75) is 58.0 Å². The number of imide groups is 1. The molecule has 1 spiro atoms. The van der Waals surface area contributed by atoms with Crippen molar-refractivity contribution in [3.8, 4) is 0 Å². The van der Waals surface area contributed by atoms with E-state index in [0.29, 0.717) is 32.4 Å².